The van der Waals surface area contributed by atoms with Gasteiger partial charge in [-0.15, -0.1) is 0 Å². The number of nitrogens with zero attached hydrogens (tertiary/aromatic N) is 1. The fourth-order valence-corrected chi connectivity index (χ4v) is 4.38. The lowest BCUT2D eigenvalue weighted by Crippen LogP contribution is -2.33. The van der Waals surface area contributed by atoms with Gasteiger partial charge < -0.3 is 5.32 Å². The predicted octanol–water partition coefficient (Wildman–Crippen LogP) is 4.73. The second kappa shape index (κ2) is 10.1. The van der Waals surface area contributed by atoms with Crippen molar-refractivity contribution in [2.24, 2.45) is 0 Å². The van der Waals surface area contributed by atoms with Crippen molar-refractivity contribution in [1.29, 1.82) is 0 Å². The molecular weight excluding hydrogens is 396 g/mol. The Morgan fingerprint density at radius 1 is 0.967 bits per heavy atom. The lowest BCUT2D eigenvalue weighted by atomic mass is 9.99. The molecule has 164 valence electrons. The average Bonchev–Trinajstić information content (AvgIpc) is 2.67. The molecule has 0 radical (unpaired) electrons. The van der Waals surface area contributed by atoms with Crippen LogP contribution in [0.1, 0.15) is 60.0 Å². The molecule has 0 aliphatic carbocycles. The molecule has 0 aliphatic heterocycles. The predicted molar refractivity (Wildman–Crippen MR) is 124 cm³/mol. The average molecular weight is 431 g/mol. The summed E-state index contributed by atoms with van der Waals surface area (Å²) in [4.78, 5) is 12.5. The molecule has 1 unspecified atom stereocenters. The highest BCUT2D eigenvalue weighted by Gasteiger charge is 2.19. The number of carbonyl (C=O) groups is 1. The number of sulfonamides is 1. The normalized spacial score (nSPS) is 12.5. The molecule has 0 spiro atoms. The van der Waals surface area contributed by atoms with Crippen LogP contribution in [-0.2, 0) is 14.8 Å². The summed E-state index contributed by atoms with van der Waals surface area (Å²) in [6, 6.07) is 11.8. The Hall–Kier alpha value is -2.34. The molecule has 2 rings (SSSR count). The Morgan fingerprint density at radius 2 is 1.57 bits per heavy atom. The van der Waals surface area contributed by atoms with Crippen LogP contribution in [0.25, 0.3) is 0 Å². The van der Waals surface area contributed by atoms with E-state index in [1.807, 2.05) is 39.0 Å². The third kappa shape index (κ3) is 6.33. The number of rotatable bonds is 9. The van der Waals surface area contributed by atoms with Crippen LogP contribution in [0.15, 0.2) is 36.4 Å². The van der Waals surface area contributed by atoms with E-state index >= 15 is 0 Å². The van der Waals surface area contributed by atoms with Crippen LogP contribution in [-0.4, -0.2) is 27.1 Å². The van der Waals surface area contributed by atoms with Crippen LogP contribution in [0, 0.1) is 27.7 Å². The van der Waals surface area contributed by atoms with Crippen molar-refractivity contribution in [3.8, 4) is 0 Å². The zero-order chi connectivity index (χ0) is 22.5. The van der Waals surface area contributed by atoms with E-state index in [0.717, 1.165) is 23.1 Å². The van der Waals surface area contributed by atoms with E-state index in [1.54, 1.807) is 0 Å². The van der Waals surface area contributed by atoms with Gasteiger partial charge in [0.2, 0.25) is 15.9 Å². The van der Waals surface area contributed by atoms with Crippen LogP contribution >= 0.6 is 0 Å². The molecule has 30 heavy (non-hydrogen) atoms. The molecular formula is C24H34N2O3S. The maximum Gasteiger partial charge on any atom is 0.232 e. The summed E-state index contributed by atoms with van der Waals surface area (Å²) in [5, 5.41) is 3.09. The first-order valence-electron chi connectivity index (χ1n) is 10.4. The molecule has 0 aromatic heterocycles. The molecule has 0 aliphatic rings. The van der Waals surface area contributed by atoms with Crippen molar-refractivity contribution in [2.45, 2.75) is 59.9 Å². The summed E-state index contributed by atoms with van der Waals surface area (Å²) in [7, 11) is -3.42. The van der Waals surface area contributed by atoms with E-state index in [9.17, 15) is 13.2 Å². The number of nitrogens with one attached hydrogen (secondary N) is 1. The van der Waals surface area contributed by atoms with Gasteiger partial charge in [0.15, 0.2) is 0 Å². The molecule has 0 bridgehead atoms. The first-order valence-corrected chi connectivity index (χ1v) is 12.3. The van der Waals surface area contributed by atoms with E-state index in [4.69, 9.17) is 0 Å². The molecule has 2 aromatic rings. The zero-order valence-corrected chi connectivity index (χ0v) is 19.8. The Kier molecular flexibility index (Phi) is 8.07. The van der Waals surface area contributed by atoms with Gasteiger partial charge in [-0.05, 0) is 80.5 Å². The fourth-order valence-electron chi connectivity index (χ4n) is 3.42. The summed E-state index contributed by atoms with van der Waals surface area (Å²) in [6.07, 6.45) is 2.73. The summed E-state index contributed by atoms with van der Waals surface area (Å²) < 4.78 is 26.0. The standard InChI is InChI=1S/C24H34N2O3S/c1-7-23(21-12-10-17(2)19(4)15-21)25-24(27)9-8-14-26(30(6,28)29)22-13-11-18(3)20(5)16-22/h10-13,15-16,23H,7-9,14H2,1-6H3,(H,25,27). The molecule has 1 amide bonds. The van der Waals surface area contributed by atoms with Gasteiger partial charge >= 0.3 is 0 Å². The second-order valence-corrected chi connectivity index (χ2v) is 9.99. The highest BCUT2D eigenvalue weighted by Crippen LogP contribution is 2.23. The summed E-state index contributed by atoms with van der Waals surface area (Å²) in [6.45, 7) is 10.4. The molecule has 0 saturated heterocycles. The number of hydrogen-bond donors (Lipinski definition) is 1. The zero-order valence-electron chi connectivity index (χ0n) is 19.0. The first kappa shape index (κ1) is 23.9. The van der Waals surface area contributed by atoms with Crippen LogP contribution in [0.2, 0.25) is 0 Å². The van der Waals surface area contributed by atoms with E-state index in [1.165, 1.54) is 21.7 Å². The topological polar surface area (TPSA) is 66.5 Å². The van der Waals surface area contributed by atoms with Crippen LogP contribution in [0.4, 0.5) is 5.69 Å². The van der Waals surface area contributed by atoms with Crippen LogP contribution < -0.4 is 9.62 Å². The monoisotopic (exact) mass is 430 g/mol. The third-order valence-electron chi connectivity index (χ3n) is 5.62. The van der Waals surface area contributed by atoms with Gasteiger partial charge in [-0.3, -0.25) is 9.10 Å². The minimum Gasteiger partial charge on any atom is -0.349 e. The van der Waals surface area contributed by atoms with Crippen molar-refractivity contribution in [1.82, 2.24) is 5.32 Å². The summed E-state index contributed by atoms with van der Waals surface area (Å²) in [5.74, 6) is -0.0615. The quantitative estimate of drug-likeness (QED) is 0.625. The SMILES string of the molecule is CCC(NC(=O)CCCN(c1ccc(C)c(C)c1)S(C)(=O)=O)c1ccc(C)c(C)c1. The second-order valence-electron chi connectivity index (χ2n) is 8.08. The van der Waals surface area contributed by atoms with E-state index in [0.29, 0.717) is 12.1 Å². The van der Waals surface area contributed by atoms with Gasteiger partial charge in [-0.25, -0.2) is 8.42 Å². The lowest BCUT2D eigenvalue weighted by Gasteiger charge is -2.23. The Morgan fingerprint density at radius 3 is 2.10 bits per heavy atom. The number of benzene rings is 2. The van der Waals surface area contributed by atoms with Crippen molar-refractivity contribution < 1.29 is 13.2 Å². The van der Waals surface area contributed by atoms with Gasteiger partial charge in [0, 0.05) is 13.0 Å². The van der Waals surface area contributed by atoms with Crippen LogP contribution in [0.5, 0.6) is 0 Å². The number of carbonyl (C=O) groups excluding carboxylic acids is 1. The number of amides is 1. The maximum atomic E-state index is 12.5. The highest BCUT2D eigenvalue weighted by molar-refractivity contribution is 7.92. The summed E-state index contributed by atoms with van der Waals surface area (Å²) in [5.41, 5.74) is 6.33. The van der Waals surface area contributed by atoms with Crippen LogP contribution in [0.3, 0.4) is 0 Å². The maximum absolute atomic E-state index is 12.5. The minimum atomic E-state index is -3.42. The highest BCUT2D eigenvalue weighted by atomic mass is 32.2. The Balaban J connectivity index is 2.01. The van der Waals surface area contributed by atoms with Gasteiger partial charge in [0.25, 0.3) is 0 Å². The van der Waals surface area contributed by atoms with Gasteiger partial charge in [0.1, 0.15) is 0 Å². The van der Waals surface area contributed by atoms with Crippen molar-refractivity contribution in [3.63, 3.8) is 0 Å². The molecule has 5 nitrogen and oxygen atoms in total. The van der Waals surface area contributed by atoms with Gasteiger partial charge in [0.05, 0.1) is 18.0 Å². The molecule has 0 heterocycles. The van der Waals surface area contributed by atoms with Crippen molar-refractivity contribution in [3.05, 3.63) is 64.2 Å². The lowest BCUT2D eigenvalue weighted by molar-refractivity contribution is -0.121. The minimum absolute atomic E-state index is 0.0393. The molecule has 0 saturated carbocycles. The fraction of sp³-hybridized carbons (Fsp3) is 0.458. The molecule has 2 aromatic carbocycles. The molecule has 6 heteroatoms. The first-order chi connectivity index (χ1) is 14.0. The number of hydrogen-bond acceptors (Lipinski definition) is 3. The molecule has 1 N–H and O–H groups in total. The smallest absolute Gasteiger partial charge is 0.232 e. The van der Waals surface area contributed by atoms with Crippen molar-refractivity contribution >= 4 is 21.6 Å². The number of aryl methyl sites for hydroxylation is 4. The summed E-state index contributed by atoms with van der Waals surface area (Å²) >= 11 is 0. The van der Waals surface area contributed by atoms with Gasteiger partial charge in [-0.2, -0.15) is 0 Å². The van der Waals surface area contributed by atoms with E-state index in [2.05, 4.69) is 37.4 Å². The molecule has 0 fully saturated rings. The third-order valence-corrected chi connectivity index (χ3v) is 6.81. The van der Waals surface area contributed by atoms with Gasteiger partial charge in [-0.1, -0.05) is 31.2 Å². The Labute approximate surface area is 181 Å². The largest absolute Gasteiger partial charge is 0.349 e. The number of anilines is 1. The molecule has 1 atom stereocenters. The van der Waals surface area contributed by atoms with E-state index < -0.39 is 10.0 Å². The van der Waals surface area contributed by atoms with E-state index in [-0.39, 0.29) is 24.9 Å². The van der Waals surface area contributed by atoms with Crippen molar-refractivity contribution in [2.75, 3.05) is 17.1 Å². The Bertz CT molecular complexity index is 1000.